The standard InChI is InChI=1S/C13H21N5O3/c1-4-9-10(14)11(17(2)16-9)12(19)18-6-5-8(7-18)15-13(20)21-3/h8H,4-7,14H2,1-3H3,(H,15,20). The number of ether oxygens (including phenoxy) is 1. The number of nitrogens with two attached hydrogens (primary N) is 1. The normalized spacial score (nSPS) is 17.9. The summed E-state index contributed by atoms with van der Waals surface area (Å²) in [5.41, 5.74) is 7.57. The van der Waals surface area contributed by atoms with Gasteiger partial charge in [-0.2, -0.15) is 5.10 Å². The number of nitrogens with zero attached hydrogens (tertiary/aromatic N) is 3. The first kappa shape index (κ1) is 15.1. The van der Waals surface area contributed by atoms with Crippen molar-refractivity contribution in [2.75, 3.05) is 25.9 Å². The van der Waals surface area contributed by atoms with Gasteiger partial charge in [0.1, 0.15) is 5.69 Å². The first-order valence-corrected chi connectivity index (χ1v) is 6.93. The summed E-state index contributed by atoms with van der Waals surface area (Å²) < 4.78 is 6.09. The van der Waals surface area contributed by atoms with E-state index in [0.29, 0.717) is 37.3 Å². The summed E-state index contributed by atoms with van der Waals surface area (Å²) in [6.07, 6.45) is 0.890. The van der Waals surface area contributed by atoms with Crippen LogP contribution in [0.5, 0.6) is 0 Å². The Bertz CT molecular complexity index is 554. The molecule has 1 fully saturated rings. The fraction of sp³-hybridized carbons (Fsp3) is 0.615. The molecule has 8 nitrogen and oxygen atoms in total. The lowest BCUT2D eigenvalue weighted by Gasteiger charge is -2.17. The van der Waals surface area contributed by atoms with Crippen LogP contribution in [0.1, 0.15) is 29.5 Å². The minimum atomic E-state index is -0.484. The Balaban J connectivity index is 2.08. The molecule has 1 atom stereocenters. The molecule has 0 aromatic carbocycles. The Kier molecular flexibility index (Phi) is 4.35. The van der Waals surface area contributed by atoms with Gasteiger partial charge in [0.25, 0.3) is 5.91 Å². The number of amides is 2. The van der Waals surface area contributed by atoms with Crippen LogP contribution in [0.25, 0.3) is 0 Å². The van der Waals surface area contributed by atoms with E-state index in [1.165, 1.54) is 11.8 Å². The number of alkyl carbamates (subject to hydrolysis) is 1. The third-order valence-corrected chi connectivity index (χ3v) is 3.68. The minimum Gasteiger partial charge on any atom is -0.453 e. The highest BCUT2D eigenvalue weighted by atomic mass is 16.5. The number of hydrogen-bond donors (Lipinski definition) is 2. The van der Waals surface area contributed by atoms with Gasteiger partial charge in [0.05, 0.1) is 24.5 Å². The highest BCUT2D eigenvalue weighted by molar-refractivity contribution is 5.98. The quantitative estimate of drug-likeness (QED) is 0.825. The average Bonchev–Trinajstić information content (AvgIpc) is 3.03. The van der Waals surface area contributed by atoms with Crippen molar-refractivity contribution in [3.8, 4) is 0 Å². The third kappa shape index (κ3) is 2.93. The van der Waals surface area contributed by atoms with Crippen molar-refractivity contribution < 1.29 is 14.3 Å². The van der Waals surface area contributed by atoms with Crippen LogP contribution < -0.4 is 11.1 Å². The van der Waals surface area contributed by atoms with Gasteiger partial charge in [0.15, 0.2) is 0 Å². The SMILES string of the molecule is CCc1nn(C)c(C(=O)N2CCC(NC(=O)OC)C2)c1N. The molecule has 2 rings (SSSR count). The number of hydrogen-bond acceptors (Lipinski definition) is 5. The van der Waals surface area contributed by atoms with E-state index in [-0.39, 0.29) is 11.9 Å². The summed E-state index contributed by atoms with van der Waals surface area (Å²) in [5, 5.41) is 6.96. The molecule has 2 amide bonds. The maximum atomic E-state index is 12.6. The second kappa shape index (κ2) is 6.02. The minimum absolute atomic E-state index is 0.0958. The van der Waals surface area contributed by atoms with Crippen LogP contribution in [-0.2, 0) is 18.2 Å². The van der Waals surface area contributed by atoms with E-state index in [1.54, 1.807) is 11.9 Å². The summed E-state index contributed by atoms with van der Waals surface area (Å²) in [6, 6.07) is -0.0958. The van der Waals surface area contributed by atoms with Crippen LogP contribution in [0.15, 0.2) is 0 Å². The Labute approximate surface area is 123 Å². The van der Waals surface area contributed by atoms with Crippen molar-refractivity contribution in [2.24, 2.45) is 7.05 Å². The number of rotatable bonds is 3. The Hall–Kier alpha value is -2.25. The smallest absolute Gasteiger partial charge is 0.407 e. The highest BCUT2D eigenvalue weighted by Crippen LogP contribution is 2.21. The van der Waals surface area contributed by atoms with Gasteiger partial charge in [-0.15, -0.1) is 0 Å². The monoisotopic (exact) mass is 295 g/mol. The van der Waals surface area contributed by atoms with Crippen LogP contribution in [-0.4, -0.2) is 52.9 Å². The molecular weight excluding hydrogens is 274 g/mol. The highest BCUT2D eigenvalue weighted by Gasteiger charge is 2.31. The predicted octanol–water partition coefficient (Wildman–Crippen LogP) is 0.135. The number of aromatic nitrogens is 2. The largest absolute Gasteiger partial charge is 0.453 e. The Morgan fingerprint density at radius 3 is 2.81 bits per heavy atom. The Morgan fingerprint density at radius 2 is 2.24 bits per heavy atom. The van der Waals surface area contributed by atoms with Crippen molar-refractivity contribution >= 4 is 17.7 Å². The zero-order valence-electron chi connectivity index (χ0n) is 12.5. The van der Waals surface area contributed by atoms with E-state index < -0.39 is 6.09 Å². The maximum Gasteiger partial charge on any atom is 0.407 e. The number of carbonyl (C=O) groups is 2. The zero-order chi connectivity index (χ0) is 15.6. The molecule has 0 bridgehead atoms. The molecule has 1 aliphatic heterocycles. The summed E-state index contributed by atoms with van der Waals surface area (Å²) >= 11 is 0. The first-order valence-electron chi connectivity index (χ1n) is 6.93. The molecule has 1 aromatic heterocycles. The molecule has 1 aromatic rings. The molecule has 3 N–H and O–H groups in total. The molecule has 116 valence electrons. The van der Waals surface area contributed by atoms with Gasteiger partial charge < -0.3 is 20.7 Å². The topological polar surface area (TPSA) is 102 Å². The van der Waals surface area contributed by atoms with E-state index in [2.05, 4.69) is 15.2 Å². The summed E-state index contributed by atoms with van der Waals surface area (Å²) in [6.45, 7) is 2.96. The van der Waals surface area contributed by atoms with Crippen molar-refractivity contribution in [1.29, 1.82) is 0 Å². The van der Waals surface area contributed by atoms with E-state index >= 15 is 0 Å². The van der Waals surface area contributed by atoms with Crippen molar-refractivity contribution in [2.45, 2.75) is 25.8 Å². The van der Waals surface area contributed by atoms with Gasteiger partial charge in [0, 0.05) is 20.1 Å². The summed E-state index contributed by atoms with van der Waals surface area (Å²) in [5.74, 6) is -0.156. The molecule has 2 heterocycles. The fourth-order valence-corrected chi connectivity index (χ4v) is 2.55. The maximum absolute atomic E-state index is 12.6. The molecule has 1 saturated heterocycles. The zero-order valence-corrected chi connectivity index (χ0v) is 12.5. The second-order valence-electron chi connectivity index (χ2n) is 5.06. The van der Waals surface area contributed by atoms with Crippen molar-refractivity contribution in [3.63, 3.8) is 0 Å². The first-order chi connectivity index (χ1) is 9.97. The van der Waals surface area contributed by atoms with Crippen LogP contribution in [0.4, 0.5) is 10.5 Å². The van der Waals surface area contributed by atoms with E-state index in [9.17, 15) is 9.59 Å². The number of likely N-dealkylation sites (tertiary alicyclic amines) is 1. The lowest BCUT2D eigenvalue weighted by molar-refractivity contribution is 0.0778. The van der Waals surface area contributed by atoms with Crippen LogP contribution in [0, 0.1) is 0 Å². The van der Waals surface area contributed by atoms with Crippen molar-refractivity contribution in [1.82, 2.24) is 20.0 Å². The van der Waals surface area contributed by atoms with E-state index in [0.717, 1.165) is 5.69 Å². The number of nitrogens with one attached hydrogen (secondary N) is 1. The molecule has 0 spiro atoms. The summed E-state index contributed by atoms with van der Waals surface area (Å²) in [4.78, 5) is 25.4. The number of nitrogen functional groups attached to an aromatic ring is 1. The number of methoxy groups -OCH3 is 1. The van der Waals surface area contributed by atoms with Gasteiger partial charge in [-0.05, 0) is 12.8 Å². The fourth-order valence-electron chi connectivity index (χ4n) is 2.55. The van der Waals surface area contributed by atoms with Crippen molar-refractivity contribution in [3.05, 3.63) is 11.4 Å². The lowest BCUT2D eigenvalue weighted by atomic mass is 10.2. The average molecular weight is 295 g/mol. The molecule has 1 unspecified atom stereocenters. The molecule has 0 saturated carbocycles. The lowest BCUT2D eigenvalue weighted by Crippen LogP contribution is -2.38. The van der Waals surface area contributed by atoms with E-state index in [1.807, 2.05) is 6.92 Å². The van der Waals surface area contributed by atoms with Gasteiger partial charge in [0.2, 0.25) is 0 Å². The number of anilines is 1. The van der Waals surface area contributed by atoms with Crippen LogP contribution in [0.2, 0.25) is 0 Å². The Morgan fingerprint density at radius 1 is 1.52 bits per heavy atom. The predicted molar refractivity (Wildman–Crippen MR) is 76.8 cm³/mol. The second-order valence-corrected chi connectivity index (χ2v) is 5.06. The molecular formula is C13H21N5O3. The molecule has 0 radical (unpaired) electrons. The number of aryl methyl sites for hydroxylation is 2. The molecule has 21 heavy (non-hydrogen) atoms. The van der Waals surface area contributed by atoms with Crippen LogP contribution >= 0.6 is 0 Å². The third-order valence-electron chi connectivity index (χ3n) is 3.68. The van der Waals surface area contributed by atoms with Gasteiger partial charge >= 0.3 is 6.09 Å². The van der Waals surface area contributed by atoms with Gasteiger partial charge in [-0.25, -0.2) is 4.79 Å². The van der Waals surface area contributed by atoms with Crippen LogP contribution in [0.3, 0.4) is 0 Å². The number of carbonyl (C=O) groups excluding carboxylic acids is 2. The van der Waals surface area contributed by atoms with E-state index in [4.69, 9.17) is 5.73 Å². The molecule has 8 heteroatoms. The molecule has 1 aliphatic rings. The molecule has 0 aliphatic carbocycles. The summed E-state index contributed by atoms with van der Waals surface area (Å²) in [7, 11) is 3.03. The van der Waals surface area contributed by atoms with Gasteiger partial charge in [-0.3, -0.25) is 9.48 Å². The van der Waals surface area contributed by atoms with Gasteiger partial charge in [-0.1, -0.05) is 6.92 Å².